The van der Waals surface area contributed by atoms with Crippen molar-refractivity contribution in [1.82, 2.24) is 4.90 Å². The minimum Gasteiger partial charge on any atom is -0.324 e. The van der Waals surface area contributed by atoms with E-state index in [1.54, 1.807) is 4.90 Å². The van der Waals surface area contributed by atoms with E-state index < -0.39 is 6.04 Å². The second-order valence-electron chi connectivity index (χ2n) is 6.85. The van der Waals surface area contributed by atoms with E-state index in [0.717, 1.165) is 34.5 Å². The van der Waals surface area contributed by atoms with Crippen molar-refractivity contribution in [2.75, 3.05) is 17.2 Å². The van der Waals surface area contributed by atoms with Gasteiger partial charge in [-0.15, -0.1) is 0 Å². The Balaban J connectivity index is 1.72. The molecule has 1 saturated heterocycles. The highest BCUT2D eigenvalue weighted by atomic mass is 16.2. The fraction of sp³-hybridized carbons (Fsp3) is 0.333. The van der Waals surface area contributed by atoms with Gasteiger partial charge in [0.25, 0.3) is 0 Å². The zero-order valence-electron chi connectivity index (χ0n) is 15.5. The highest BCUT2D eigenvalue weighted by molar-refractivity contribution is 6.00. The Morgan fingerprint density at radius 1 is 0.923 bits per heavy atom. The largest absolute Gasteiger partial charge is 0.324 e. The van der Waals surface area contributed by atoms with E-state index in [-0.39, 0.29) is 11.9 Å². The van der Waals surface area contributed by atoms with Gasteiger partial charge in [0.1, 0.15) is 6.04 Å². The number of aryl methyl sites for hydroxylation is 3. The first kappa shape index (κ1) is 18.0. The summed E-state index contributed by atoms with van der Waals surface area (Å²) in [4.78, 5) is 27.2. The Morgan fingerprint density at radius 3 is 2.27 bits per heavy atom. The van der Waals surface area contributed by atoms with Gasteiger partial charge in [-0.25, -0.2) is 4.79 Å². The normalized spacial score (nSPS) is 16.4. The van der Waals surface area contributed by atoms with E-state index in [1.165, 1.54) is 0 Å². The molecule has 0 aromatic heterocycles. The molecule has 26 heavy (non-hydrogen) atoms. The zero-order valence-corrected chi connectivity index (χ0v) is 15.5. The molecular weight excluding hydrogens is 326 g/mol. The van der Waals surface area contributed by atoms with Crippen molar-refractivity contribution in [3.63, 3.8) is 0 Å². The number of nitrogens with zero attached hydrogens (tertiary/aromatic N) is 1. The number of urea groups is 1. The average Bonchev–Trinajstić information content (AvgIpc) is 3.10. The summed E-state index contributed by atoms with van der Waals surface area (Å²) in [5.74, 6) is -0.125. The quantitative estimate of drug-likeness (QED) is 0.868. The molecule has 3 amide bonds. The lowest BCUT2D eigenvalue weighted by Crippen LogP contribution is -2.45. The van der Waals surface area contributed by atoms with Crippen molar-refractivity contribution in [2.24, 2.45) is 0 Å². The Hall–Kier alpha value is -2.82. The summed E-state index contributed by atoms with van der Waals surface area (Å²) < 4.78 is 0. The number of hydrogen-bond donors (Lipinski definition) is 2. The summed E-state index contributed by atoms with van der Waals surface area (Å²) in [6, 6.07) is 12.9. The molecule has 2 aromatic carbocycles. The van der Waals surface area contributed by atoms with Crippen LogP contribution in [-0.4, -0.2) is 29.4 Å². The molecule has 0 radical (unpaired) electrons. The summed E-state index contributed by atoms with van der Waals surface area (Å²) in [6.07, 6.45) is 1.50. The standard InChI is InChI=1S/C21H25N3O2/c1-14-8-4-5-11-17(14)22-21(26)24-13-7-12-18(24)20(25)23-19-15(2)9-6-10-16(19)3/h4-6,8-11,18H,7,12-13H2,1-3H3,(H,22,26)(H,23,25)/t18-/m0/s1. The number of rotatable bonds is 3. The molecule has 0 spiro atoms. The van der Waals surface area contributed by atoms with Crippen LogP contribution in [0.25, 0.3) is 0 Å². The average molecular weight is 351 g/mol. The summed E-state index contributed by atoms with van der Waals surface area (Å²) in [7, 11) is 0. The number of likely N-dealkylation sites (tertiary alicyclic amines) is 1. The summed E-state index contributed by atoms with van der Waals surface area (Å²) in [5, 5.41) is 5.95. The molecule has 2 N–H and O–H groups in total. The molecule has 1 atom stereocenters. The lowest BCUT2D eigenvalue weighted by molar-refractivity contribution is -0.119. The molecule has 5 heteroatoms. The van der Waals surface area contributed by atoms with Gasteiger partial charge in [0.15, 0.2) is 0 Å². The molecule has 2 aromatic rings. The molecule has 0 unspecified atom stereocenters. The third-order valence-corrected chi connectivity index (χ3v) is 4.93. The molecule has 0 saturated carbocycles. The monoisotopic (exact) mass is 351 g/mol. The summed E-state index contributed by atoms with van der Waals surface area (Å²) in [5.41, 5.74) is 4.65. The molecule has 1 fully saturated rings. The van der Waals surface area contributed by atoms with Gasteiger partial charge in [0.2, 0.25) is 5.91 Å². The van der Waals surface area contributed by atoms with Crippen LogP contribution in [0.1, 0.15) is 29.5 Å². The first-order chi connectivity index (χ1) is 12.5. The Kier molecular flexibility index (Phi) is 5.26. The zero-order chi connectivity index (χ0) is 18.7. The van der Waals surface area contributed by atoms with Gasteiger partial charge in [-0.3, -0.25) is 4.79 Å². The Morgan fingerprint density at radius 2 is 1.58 bits per heavy atom. The lowest BCUT2D eigenvalue weighted by atomic mass is 10.1. The topological polar surface area (TPSA) is 61.4 Å². The maximum absolute atomic E-state index is 12.8. The van der Waals surface area contributed by atoms with Gasteiger partial charge < -0.3 is 15.5 Å². The Bertz CT molecular complexity index is 812. The van der Waals surface area contributed by atoms with Crippen LogP contribution in [0, 0.1) is 20.8 Å². The minimum absolute atomic E-state index is 0.125. The van der Waals surface area contributed by atoms with Gasteiger partial charge in [0.05, 0.1) is 0 Å². The second-order valence-corrected chi connectivity index (χ2v) is 6.85. The van der Waals surface area contributed by atoms with Crippen LogP contribution in [0.2, 0.25) is 0 Å². The minimum atomic E-state index is -0.446. The predicted octanol–water partition coefficient (Wildman–Crippen LogP) is 4.25. The van der Waals surface area contributed by atoms with Gasteiger partial charge in [-0.2, -0.15) is 0 Å². The summed E-state index contributed by atoms with van der Waals surface area (Å²) in [6.45, 7) is 6.48. The molecule has 0 aliphatic carbocycles. The first-order valence-electron chi connectivity index (χ1n) is 8.97. The molecule has 1 aliphatic heterocycles. The van der Waals surface area contributed by atoms with E-state index in [1.807, 2.05) is 63.2 Å². The number of amides is 3. The van der Waals surface area contributed by atoms with Crippen molar-refractivity contribution in [1.29, 1.82) is 0 Å². The highest BCUT2D eigenvalue weighted by Gasteiger charge is 2.34. The number of hydrogen-bond acceptors (Lipinski definition) is 2. The van der Waals surface area contributed by atoms with E-state index in [9.17, 15) is 9.59 Å². The van der Waals surface area contributed by atoms with Crippen LogP contribution in [0.15, 0.2) is 42.5 Å². The molecule has 0 bridgehead atoms. The number of nitrogens with one attached hydrogen (secondary N) is 2. The fourth-order valence-electron chi connectivity index (χ4n) is 3.40. The van der Waals surface area contributed by atoms with E-state index in [4.69, 9.17) is 0 Å². The third-order valence-electron chi connectivity index (χ3n) is 4.93. The fourth-order valence-corrected chi connectivity index (χ4v) is 3.40. The number of carbonyl (C=O) groups is 2. The second kappa shape index (κ2) is 7.60. The van der Waals surface area contributed by atoms with Crippen molar-refractivity contribution >= 4 is 23.3 Å². The number of carbonyl (C=O) groups excluding carboxylic acids is 2. The van der Waals surface area contributed by atoms with E-state index in [0.29, 0.717) is 13.0 Å². The number of para-hydroxylation sites is 2. The van der Waals surface area contributed by atoms with Crippen molar-refractivity contribution in [3.8, 4) is 0 Å². The summed E-state index contributed by atoms with van der Waals surface area (Å²) >= 11 is 0. The predicted molar refractivity (Wildman–Crippen MR) is 104 cm³/mol. The smallest absolute Gasteiger partial charge is 0.322 e. The van der Waals surface area contributed by atoms with Crippen molar-refractivity contribution in [3.05, 3.63) is 59.2 Å². The lowest BCUT2D eigenvalue weighted by Gasteiger charge is -2.25. The van der Waals surface area contributed by atoms with Crippen LogP contribution in [0.3, 0.4) is 0 Å². The van der Waals surface area contributed by atoms with Crippen LogP contribution in [0.4, 0.5) is 16.2 Å². The maximum atomic E-state index is 12.8. The van der Waals surface area contributed by atoms with Crippen LogP contribution >= 0.6 is 0 Å². The molecular formula is C21H25N3O2. The molecule has 3 rings (SSSR count). The van der Waals surface area contributed by atoms with E-state index in [2.05, 4.69) is 10.6 Å². The van der Waals surface area contributed by atoms with Gasteiger partial charge >= 0.3 is 6.03 Å². The first-order valence-corrected chi connectivity index (χ1v) is 8.97. The maximum Gasteiger partial charge on any atom is 0.322 e. The van der Waals surface area contributed by atoms with Crippen LogP contribution in [-0.2, 0) is 4.79 Å². The molecule has 1 aliphatic rings. The van der Waals surface area contributed by atoms with Crippen LogP contribution < -0.4 is 10.6 Å². The molecule has 1 heterocycles. The van der Waals surface area contributed by atoms with E-state index >= 15 is 0 Å². The van der Waals surface area contributed by atoms with Crippen molar-refractivity contribution < 1.29 is 9.59 Å². The SMILES string of the molecule is Cc1ccccc1NC(=O)N1CCC[C@H]1C(=O)Nc1c(C)cccc1C. The van der Waals surface area contributed by atoms with Gasteiger partial charge in [0, 0.05) is 17.9 Å². The number of benzene rings is 2. The molecule has 136 valence electrons. The molecule has 5 nitrogen and oxygen atoms in total. The highest BCUT2D eigenvalue weighted by Crippen LogP contribution is 2.24. The Labute approximate surface area is 154 Å². The van der Waals surface area contributed by atoms with Crippen molar-refractivity contribution in [2.45, 2.75) is 39.7 Å². The van der Waals surface area contributed by atoms with Gasteiger partial charge in [-0.1, -0.05) is 36.4 Å². The van der Waals surface area contributed by atoms with Crippen LogP contribution in [0.5, 0.6) is 0 Å². The third kappa shape index (κ3) is 3.72. The van der Waals surface area contributed by atoms with Gasteiger partial charge in [-0.05, 0) is 56.4 Å². The number of anilines is 2.